The minimum absolute atomic E-state index is 0.173. The number of halogens is 3. The Morgan fingerprint density at radius 1 is 1.17 bits per heavy atom. The summed E-state index contributed by atoms with van der Waals surface area (Å²) in [5, 5.41) is 3.08. The van der Waals surface area contributed by atoms with Gasteiger partial charge >= 0.3 is 12.4 Å². The normalized spacial score (nSPS) is 17.1. The number of benzene rings is 1. The van der Waals surface area contributed by atoms with Gasteiger partial charge in [0.2, 0.25) is 0 Å². The molecule has 154 valence electrons. The topological polar surface area (TPSA) is 74.8 Å². The highest BCUT2D eigenvalue weighted by Gasteiger charge is 2.43. The van der Waals surface area contributed by atoms with Gasteiger partial charge in [0.05, 0.1) is 5.69 Å². The van der Waals surface area contributed by atoms with Crippen molar-refractivity contribution in [3.05, 3.63) is 48.2 Å². The maximum atomic E-state index is 12.8. The fraction of sp³-hybridized carbons (Fsp3) is 0.316. The van der Waals surface area contributed by atoms with Crippen LogP contribution >= 0.6 is 0 Å². The fourth-order valence-electron chi connectivity index (χ4n) is 2.99. The number of carbonyl (C=O) groups is 2. The number of rotatable bonds is 6. The molecule has 2 aromatic rings. The summed E-state index contributed by atoms with van der Waals surface area (Å²) in [4.78, 5) is 32.0. The number of hydrogen-bond acceptors (Lipinski definition) is 5. The maximum absolute atomic E-state index is 12.8. The molecule has 0 spiro atoms. The summed E-state index contributed by atoms with van der Waals surface area (Å²) in [6.45, 7) is 4.42. The zero-order valence-corrected chi connectivity index (χ0v) is 15.7. The predicted octanol–water partition coefficient (Wildman–Crippen LogP) is 3.77. The van der Waals surface area contributed by atoms with Gasteiger partial charge in [-0.2, -0.15) is 0 Å². The summed E-state index contributed by atoms with van der Waals surface area (Å²) >= 11 is 0. The lowest BCUT2D eigenvalue weighted by Crippen LogP contribution is -2.33. The molecule has 1 saturated heterocycles. The second-order valence-corrected chi connectivity index (χ2v) is 6.38. The molecule has 1 fully saturated rings. The van der Waals surface area contributed by atoms with Gasteiger partial charge in [0.15, 0.2) is 0 Å². The van der Waals surface area contributed by atoms with Crippen molar-refractivity contribution in [1.29, 1.82) is 0 Å². The van der Waals surface area contributed by atoms with Gasteiger partial charge in [-0.15, -0.1) is 13.2 Å². The molecule has 1 aromatic carbocycles. The van der Waals surface area contributed by atoms with E-state index in [0.717, 1.165) is 22.6 Å². The molecule has 2 heterocycles. The van der Waals surface area contributed by atoms with E-state index < -0.39 is 30.1 Å². The van der Waals surface area contributed by atoms with Crippen molar-refractivity contribution < 1.29 is 27.5 Å². The molecule has 0 saturated carbocycles. The lowest BCUT2D eigenvalue weighted by molar-refractivity contribution is -0.274. The Kier molecular flexibility index (Phi) is 5.62. The molecule has 3 rings (SSSR count). The second kappa shape index (κ2) is 7.98. The smallest absolute Gasteiger partial charge is 0.406 e. The van der Waals surface area contributed by atoms with E-state index in [2.05, 4.69) is 15.0 Å². The SMILES string of the molecule is CCNc1cc(CN2C(=O)N(c3ccc(OC(F)(F)F)cc3)C(=O)C2C)ccn1. The molecule has 1 unspecified atom stereocenters. The van der Waals surface area contributed by atoms with Gasteiger partial charge in [0.1, 0.15) is 17.6 Å². The summed E-state index contributed by atoms with van der Waals surface area (Å²) in [7, 11) is 0. The van der Waals surface area contributed by atoms with E-state index in [0.29, 0.717) is 12.4 Å². The van der Waals surface area contributed by atoms with Crippen LogP contribution in [0.15, 0.2) is 42.6 Å². The Hall–Kier alpha value is -3.30. The van der Waals surface area contributed by atoms with Crippen LogP contribution < -0.4 is 15.0 Å². The number of anilines is 2. The number of nitrogens with zero attached hydrogens (tertiary/aromatic N) is 3. The monoisotopic (exact) mass is 408 g/mol. The van der Waals surface area contributed by atoms with Crippen LogP contribution in [0, 0.1) is 0 Å². The number of alkyl halides is 3. The van der Waals surface area contributed by atoms with Crippen LogP contribution in [0.5, 0.6) is 5.75 Å². The van der Waals surface area contributed by atoms with Crippen LogP contribution in [-0.2, 0) is 11.3 Å². The van der Waals surface area contributed by atoms with E-state index in [1.807, 2.05) is 6.92 Å². The maximum Gasteiger partial charge on any atom is 0.573 e. The van der Waals surface area contributed by atoms with Crippen molar-refractivity contribution in [2.45, 2.75) is 32.8 Å². The number of urea groups is 1. The predicted molar refractivity (Wildman–Crippen MR) is 99.4 cm³/mol. The highest BCUT2D eigenvalue weighted by molar-refractivity contribution is 6.21. The number of pyridine rings is 1. The molecule has 1 aromatic heterocycles. The number of carbonyl (C=O) groups excluding carboxylic acids is 2. The van der Waals surface area contributed by atoms with Gasteiger partial charge in [-0.3, -0.25) is 4.79 Å². The molecular formula is C19H19F3N4O3. The average molecular weight is 408 g/mol. The van der Waals surface area contributed by atoms with Gasteiger partial charge in [-0.25, -0.2) is 14.7 Å². The van der Waals surface area contributed by atoms with Gasteiger partial charge < -0.3 is 15.0 Å². The highest BCUT2D eigenvalue weighted by Crippen LogP contribution is 2.30. The molecule has 0 aliphatic carbocycles. The van der Waals surface area contributed by atoms with Crippen molar-refractivity contribution in [3.8, 4) is 5.75 Å². The van der Waals surface area contributed by atoms with Crippen LogP contribution in [-0.4, -0.2) is 40.8 Å². The Labute approximate surface area is 165 Å². The van der Waals surface area contributed by atoms with Crippen LogP contribution in [0.4, 0.5) is 29.5 Å². The number of ether oxygens (including phenoxy) is 1. The van der Waals surface area contributed by atoms with Crippen LogP contribution in [0.3, 0.4) is 0 Å². The Morgan fingerprint density at radius 3 is 2.48 bits per heavy atom. The highest BCUT2D eigenvalue weighted by atomic mass is 19.4. The van der Waals surface area contributed by atoms with Gasteiger partial charge in [-0.05, 0) is 55.8 Å². The van der Waals surface area contributed by atoms with Crippen molar-refractivity contribution in [3.63, 3.8) is 0 Å². The van der Waals surface area contributed by atoms with E-state index in [1.165, 1.54) is 17.0 Å². The Balaban J connectivity index is 1.78. The molecular weight excluding hydrogens is 389 g/mol. The van der Waals surface area contributed by atoms with Gasteiger partial charge in [0, 0.05) is 19.3 Å². The quantitative estimate of drug-likeness (QED) is 0.737. The molecule has 29 heavy (non-hydrogen) atoms. The summed E-state index contributed by atoms with van der Waals surface area (Å²) in [5.41, 5.74) is 0.965. The molecule has 1 N–H and O–H groups in total. The molecule has 0 radical (unpaired) electrons. The molecule has 1 aliphatic heterocycles. The third-order valence-electron chi connectivity index (χ3n) is 4.35. The van der Waals surface area contributed by atoms with E-state index in [4.69, 9.17) is 0 Å². The zero-order valence-electron chi connectivity index (χ0n) is 15.7. The van der Waals surface area contributed by atoms with Crippen molar-refractivity contribution >= 4 is 23.4 Å². The summed E-state index contributed by atoms with van der Waals surface area (Å²) in [5.74, 6) is -0.230. The van der Waals surface area contributed by atoms with E-state index in [-0.39, 0.29) is 12.2 Å². The van der Waals surface area contributed by atoms with Gasteiger partial charge in [0.25, 0.3) is 5.91 Å². The molecule has 1 aliphatic rings. The van der Waals surface area contributed by atoms with Crippen molar-refractivity contribution in [2.75, 3.05) is 16.8 Å². The zero-order chi connectivity index (χ0) is 21.2. The lowest BCUT2D eigenvalue weighted by Gasteiger charge is -2.20. The fourth-order valence-corrected chi connectivity index (χ4v) is 2.99. The molecule has 0 bridgehead atoms. The minimum atomic E-state index is -4.82. The van der Waals surface area contributed by atoms with E-state index in [1.54, 1.807) is 25.3 Å². The molecule has 10 heteroatoms. The van der Waals surface area contributed by atoms with E-state index >= 15 is 0 Å². The molecule has 7 nitrogen and oxygen atoms in total. The number of hydrogen-bond donors (Lipinski definition) is 1. The van der Waals surface area contributed by atoms with Crippen LogP contribution in [0.25, 0.3) is 0 Å². The first-order valence-electron chi connectivity index (χ1n) is 8.89. The van der Waals surface area contributed by atoms with Crippen molar-refractivity contribution in [1.82, 2.24) is 9.88 Å². The van der Waals surface area contributed by atoms with E-state index in [9.17, 15) is 22.8 Å². The number of aromatic nitrogens is 1. The third-order valence-corrected chi connectivity index (χ3v) is 4.35. The molecule has 3 amide bonds. The Morgan fingerprint density at radius 2 is 1.86 bits per heavy atom. The first-order valence-corrected chi connectivity index (χ1v) is 8.89. The van der Waals surface area contributed by atoms with Crippen LogP contribution in [0.2, 0.25) is 0 Å². The first kappa shape index (κ1) is 20.4. The number of amides is 3. The second-order valence-electron chi connectivity index (χ2n) is 6.38. The Bertz CT molecular complexity index is 902. The summed E-state index contributed by atoms with van der Waals surface area (Å²) in [6, 6.07) is 6.87. The summed E-state index contributed by atoms with van der Waals surface area (Å²) < 4.78 is 40.7. The largest absolute Gasteiger partial charge is 0.573 e. The molecule has 1 atom stereocenters. The average Bonchev–Trinajstić information content (AvgIpc) is 2.85. The first-order chi connectivity index (χ1) is 13.7. The van der Waals surface area contributed by atoms with Crippen LogP contribution in [0.1, 0.15) is 19.4 Å². The number of imide groups is 1. The summed E-state index contributed by atoms with van der Waals surface area (Å²) in [6.07, 6.45) is -3.21. The van der Waals surface area contributed by atoms with Gasteiger partial charge in [-0.1, -0.05) is 0 Å². The minimum Gasteiger partial charge on any atom is -0.406 e. The lowest BCUT2D eigenvalue weighted by atomic mass is 10.2. The standard InChI is InChI=1S/C19H19F3N4O3/c1-3-23-16-10-13(8-9-24-16)11-25-12(2)17(27)26(18(25)28)14-4-6-15(7-5-14)29-19(20,21)22/h4-10,12H,3,11H2,1-2H3,(H,23,24). The van der Waals surface area contributed by atoms with Crippen molar-refractivity contribution in [2.24, 2.45) is 0 Å². The third kappa shape index (κ3) is 4.58. The number of nitrogens with one attached hydrogen (secondary N) is 1.